The lowest BCUT2D eigenvalue weighted by Gasteiger charge is -2.04. The van der Waals surface area contributed by atoms with Crippen molar-refractivity contribution in [1.29, 1.82) is 0 Å². The molecule has 0 saturated carbocycles. The lowest BCUT2D eigenvalue weighted by molar-refractivity contribution is 0.586. The standard InChI is InChI=1S/C10H16N2S/c1-7(2)11-6-10-12-8-4-3-5-9(8)13-10/h7,11H,3-6H2,1-2H3. The van der Waals surface area contributed by atoms with Crippen molar-refractivity contribution in [3.05, 3.63) is 15.6 Å². The summed E-state index contributed by atoms with van der Waals surface area (Å²) in [6.45, 7) is 5.28. The predicted octanol–water partition coefficient (Wildman–Crippen LogP) is 2.13. The van der Waals surface area contributed by atoms with Crippen molar-refractivity contribution in [2.24, 2.45) is 0 Å². The van der Waals surface area contributed by atoms with Crippen molar-refractivity contribution in [2.45, 2.75) is 45.7 Å². The third-order valence-electron chi connectivity index (χ3n) is 2.30. The van der Waals surface area contributed by atoms with Crippen molar-refractivity contribution < 1.29 is 0 Å². The number of hydrogen-bond donors (Lipinski definition) is 1. The Bertz CT molecular complexity index is 270. The summed E-state index contributed by atoms with van der Waals surface area (Å²) in [5.74, 6) is 0. The molecule has 0 atom stereocenters. The highest BCUT2D eigenvalue weighted by Crippen LogP contribution is 2.27. The molecule has 3 heteroatoms. The van der Waals surface area contributed by atoms with E-state index in [1.54, 1.807) is 0 Å². The van der Waals surface area contributed by atoms with Crippen LogP contribution in [0.25, 0.3) is 0 Å². The quantitative estimate of drug-likeness (QED) is 0.801. The van der Waals surface area contributed by atoms with Crippen LogP contribution < -0.4 is 5.32 Å². The third-order valence-corrected chi connectivity index (χ3v) is 3.46. The van der Waals surface area contributed by atoms with Crippen LogP contribution in [0.4, 0.5) is 0 Å². The Balaban J connectivity index is 1.98. The fraction of sp³-hybridized carbons (Fsp3) is 0.700. The molecule has 72 valence electrons. The van der Waals surface area contributed by atoms with Crippen LogP contribution in [0.2, 0.25) is 0 Å². The Morgan fingerprint density at radius 2 is 2.31 bits per heavy atom. The Hall–Kier alpha value is -0.410. The van der Waals surface area contributed by atoms with E-state index in [0.29, 0.717) is 6.04 Å². The molecule has 1 aromatic heterocycles. The Labute approximate surface area is 83.4 Å². The average Bonchev–Trinajstić information content (AvgIpc) is 2.58. The van der Waals surface area contributed by atoms with E-state index in [9.17, 15) is 0 Å². The first-order chi connectivity index (χ1) is 6.25. The zero-order valence-electron chi connectivity index (χ0n) is 8.26. The van der Waals surface area contributed by atoms with Crippen molar-refractivity contribution in [2.75, 3.05) is 0 Å². The van der Waals surface area contributed by atoms with Gasteiger partial charge in [-0.3, -0.25) is 0 Å². The maximum absolute atomic E-state index is 4.62. The van der Waals surface area contributed by atoms with Gasteiger partial charge in [-0.15, -0.1) is 11.3 Å². The number of hydrogen-bond acceptors (Lipinski definition) is 3. The summed E-state index contributed by atoms with van der Waals surface area (Å²) in [6.07, 6.45) is 3.77. The van der Waals surface area contributed by atoms with Crippen LogP contribution in [0.1, 0.15) is 35.8 Å². The molecule has 0 spiro atoms. The first-order valence-electron chi connectivity index (χ1n) is 4.96. The molecule has 1 heterocycles. The number of aromatic nitrogens is 1. The molecule has 13 heavy (non-hydrogen) atoms. The fourth-order valence-electron chi connectivity index (χ4n) is 1.61. The van der Waals surface area contributed by atoms with Crippen molar-refractivity contribution >= 4 is 11.3 Å². The van der Waals surface area contributed by atoms with Gasteiger partial charge in [-0.1, -0.05) is 13.8 Å². The minimum atomic E-state index is 0.554. The van der Waals surface area contributed by atoms with E-state index in [-0.39, 0.29) is 0 Å². The van der Waals surface area contributed by atoms with E-state index in [1.165, 1.54) is 34.8 Å². The van der Waals surface area contributed by atoms with Gasteiger partial charge in [0.15, 0.2) is 0 Å². The molecule has 2 rings (SSSR count). The number of thiazole rings is 1. The summed E-state index contributed by atoms with van der Waals surface area (Å²) >= 11 is 1.89. The second-order valence-electron chi connectivity index (χ2n) is 3.87. The zero-order chi connectivity index (χ0) is 9.26. The second kappa shape index (κ2) is 3.76. The normalized spacial score (nSPS) is 15.3. The number of nitrogens with one attached hydrogen (secondary N) is 1. The second-order valence-corrected chi connectivity index (χ2v) is 5.03. The van der Waals surface area contributed by atoms with Gasteiger partial charge in [0.25, 0.3) is 0 Å². The van der Waals surface area contributed by atoms with E-state index < -0.39 is 0 Å². The number of fused-ring (bicyclic) bond motifs is 1. The summed E-state index contributed by atoms with van der Waals surface area (Å²) in [4.78, 5) is 6.15. The van der Waals surface area contributed by atoms with Crippen LogP contribution in [0.15, 0.2) is 0 Å². The van der Waals surface area contributed by atoms with E-state index in [0.717, 1.165) is 6.54 Å². The Morgan fingerprint density at radius 3 is 3.00 bits per heavy atom. The lowest BCUT2D eigenvalue weighted by atomic mass is 10.4. The molecule has 0 bridgehead atoms. The fourth-order valence-corrected chi connectivity index (χ4v) is 2.72. The highest BCUT2D eigenvalue weighted by atomic mass is 32.1. The van der Waals surface area contributed by atoms with Gasteiger partial charge < -0.3 is 5.32 Å². The first kappa shape index (κ1) is 9.16. The average molecular weight is 196 g/mol. The van der Waals surface area contributed by atoms with Gasteiger partial charge in [0, 0.05) is 17.5 Å². The molecule has 1 aliphatic carbocycles. The lowest BCUT2D eigenvalue weighted by Crippen LogP contribution is -2.21. The molecular formula is C10H16N2S. The van der Waals surface area contributed by atoms with Crippen molar-refractivity contribution in [3.8, 4) is 0 Å². The van der Waals surface area contributed by atoms with Gasteiger partial charge >= 0.3 is 0 Å². The predicted molar refractivity (Wildman–Crippen MR) is 56.1 cm³/mol. The maximum Gasteiger partial charge on any atom is 0.107 e. The topological polar surface area (TPSA) is 24.9 Å². The molecule has 0 amide bonds. The SMILES string of the molecule is CC(C)NCc1nc2c(s1)CCC2. The summed E-state index contributed by atoms with van der Waals surface area (Å²) < 4.78 is 0. The summed E-state index contributed by atoms with van der Waals surface area (Å²) in [5, 5.41) is 4.66. The summed E-state index contributed by atoms with van der Waals surface area (Å²) in [7, 11) is 0. The number of aryl methyl sites for hydroxylation is 2. The van der Waals surface area contributed by atoms with Crippen LogP contribution in [0.5, 0.6) is 0 Å². The molecule has 0 aliphatic heterocycles. The monoisotopic (exact) mass is 196 g/mol. The minimum absolute atomic E-state index is 0.554. The maximum atomic E-state index is 4.62. The van der Waals surface area contributed by atoms with Gasteiger partial charge in [0.05, 0.1) is 5.69 Å². The molecule has 1 aromatic rings. The van der Waals surface area contributed by atoms with Gasteiger partial charge in [-0.05, 0) is 19.3 Å². The number of nitrogens with zero attached hydrogens (tertiary/aromatic N) is 1. The molecule has 0 unspecified atom stereocenters. The van der Waals surface area contributed by atoms with Crippen LogP contribution in [0.3, 0.4) is 0 Å². The van der Waals surface area contributed by atoms with Gasteiger partial charge in [0.1, 0.15) is 5.01 Å². The van der Waals surface area contributed by atoms with Gasteiger partial charge in [-0.25, -0.2) is 4.98 Å². The molecule has 0 aromatic carbocycles. The molecular weight excluding hydrogens is 180 g/mol. The van der Waals surface area contributed by atoms with E-state index in [1.807, 2.05) is 11.3 Å². The smallest absolute Gasteiger partial charge is 0.107 e. The third kappa shape index (κ3) is 2.09. The Morgan fingerprint density at radius 1 is 1.46 bits per heavy atom. The molecule has 0 fully saturated rings. The van der Waals surface area contributed by atoms with Crippen LogP contribution >= 0.6 is 11.3 Å². The highest BCUT2D eigenvalue weighted by Gasteiger charge is 2.16. The summed E-state index contributed by atoms with van der Waals surface area (Å²) in [6, 6.07) is 0.554. The first-order valence-corrected chi connectivity index (χ1v) is 5.78. The molecule has 1 aliphatic rings. The van der Waals surface area contributed by atoms with Crippen LogP contribution in [0, 0.1) is 0 Å². The molecule has 0 radical (unpaired) electrons. The van der Waals surface area contributed by atoms with Gasteiger partial charge in [-0.2, -0.15) is 0 Å². The Kier molecular flexibility index (Phi) is 2.65. The van der Waals surface area contributed by atoms with E-state index in [4.69, 9.17) is 0 Å². The molecule has 1 N–H and O–H groups in total. The van der Waals surface area contributed by atoms with Crippen LogP contribution in [-0.2, 0) is 19.4 Å². The van der Waals surface area contributed by atoms with Crippen molar-refractivity contribution in [1.82, 2.24) is 10.3 Å². The molecule has 0 saturated heterocycles. The van der Waals surface area contributed by atoms with E-state index in [2.05, 4.69) is 24.1 Å². The van der Waals surface area contributed by atoms with Crippen molar-refractivity contribution in [3.63, 3.8) is 0 Å². The van der Waals surface area contributed by atoms with E-state index >= 15 is 0 Å². The van der Waals surface area contributed by atoms with Crippen LogP contribution in [-0.4, -0.2) is 11.0 Å². The van der Waals surface area contributed by atoms with Gasteiger partial charge in [0.2, 0.25) is 0 Å². The highest BCUT2D eigenvalue weighted by molar-refractivity contribution is 7.11. The zero-order valence-corrected chi connectivity index (χ0v) is 9.08. The number of rotatable bonds is 3. The molecule has 2 nitrogen and oxygen atoms in total. The minimum Gasteiger partial charge on any atom is -0.308 e. The summed E-state index contributed by atoms with van der Waals surface area (Å²) in [5.41, 5.74) is 1.37. The largest absolute Gasteiger partial charge is 0.308 e.